The van der Waals surface area contributed by atoms with Gasteiger partial charge in [0.05, 0.1) is 25.4 Å². The van der Waals surface area contributed by atoms with Gasteiger partial charge in [0.2, 0.25) is 5.91 Å². The summed E-state index contributed by atoms with van der Waals surface area (Å²) in [6.45, 7) is 4.94. The van der Waals surface area contributed by atoms with Crippen LogP contribution in [0.4, 0.5) is 0 Å². The molecular formula is C61H117NO5. The summed E-state index contributed by atoms with van der Waals surface area (Å²) in [5.41, 5.74) is 0. The van der Waals surface area contributed by atoms with Gasteiger partial charge >= 0.3 is 5.97 Å². The van der Waals surface area contributed by atoms with Crippen molar-refractivity contribution < 1.29 is 24.5 Å². The number of hydrogen-bond donors (Lipinski definition) is 3. The lowest BCUT2D eigenvalue weighted by Gasteiger charge is -2.22. The Morgan fingerprint density at radius 1 is 0.403 bits per heavy atom. The van der Waals surface area contributed by atoms with E-state index in [9.17, 15) is 19.8 Å². The molecule has 3 N–H and O–H groups in total. The van der Waals surface area contributed by atoms with Gasteiger partial charge < -0.3 is 20.3 Å². The lowest BCUT2D eigenvalue weighted by molar-refractivity contribution is -0.143. The van der Waals surface area contributed by atoms with Crippen molar-refractivity contribution in [2.24, 2.45) is 0 Å². The molecule has 0 aliphatic carbocycles. The zero-order valence-corrected chi connectivity index (χ0v) is 45.1. The van der Waals surface area contributed by atoms with Crippen LogP contribution in [-0.4, -0.2) is 47.4 Å². The standard InChI is InChI=1S/C61H117NO5/c1-3-5-7-9-11-13-15-17-26-30-33-37-41-45-49-53-59(64)58(57-63)62-60(65)54-50-46-42-38-34-31-27-24-22-20-18-19-21-23-25-28-32-36-40-44-48-52-56-67-61(66)55-51-47-43-39-35-29-16-14-12-10-8-6-4-2/h14,16,20,22,58-59,63-64H,3-13,15,17-19,21,23-57H2,1-2H3,(H,62,65)/b16-14-,22-20-. The Kier molecular flexibility index (Phi) is 55.5. The van der Waals surface area contributed by atoms with Crippen LogP contribution >= 0.6 is 0 Å². The fourth-order valence-corrected chi connectivity index (χ4v) is 9.34. The number of nitrogens with one attached hydrogen (secondary N) is 1. The molecule has 6 nitrogen and oxygen atoms in total. The minimum absolute atomic E-state index is 0.000913. The third kappa shape index (κ3) is 53.5. The molecule has 0 aromatic rings. The number of amides is 1. The van der Waals surface area contributed by atoms with Crippen LogP contribution in [-0.2, 0) is 14.3 Å². The molecule has 0 fully saturated rings. The van der Waals surface area contributed by atoms with Crippen molar-refractivity contribution in [1.29, 1.82) is 0 Å². The van der Waals surface area contributed by atoms with Gasteiger partial charge in [0.25, 0.3) is 0 Å². The van der Waals surface area contributed by atoms with Crippen LogP contribution in [0.5, 0.6) is 0 Å². The zero-order valence-electron chi connectivity index (χ0n) is 45.1. The minimum Gasteiger partial charge on any atom is -0.466 e. The Labute approximate surface area is 418 Å². The molecule has 0 saturated heterocycles. The number of hydrogen-bond acceptors (Lipinski definition) is 5. The topological polar surface area (TPSA) is 95.9 Å². The predicted molar refractivity (Wildman–Crippen MR) is 292 cm³/mol. The number of unbranched alkanes of at least 4 members (excludes halogenated alkanes) is 41. The van der Waals surface area contributed by atoms with Crippen LogP contribution in [0.25, 0.3) is 0 Å². The molecule has 2 unspecified atom stereocenters. The highest BCUT2D eigenvalue weighted by molar-refractivity contribution is 5.76. The maximum absolute atomic E-state index is 12.5. The van der Waals surface area contributed by atoms with Crippen LogP contribution in [0.2, 0.25) is 0 Å². The predicted octanol–water partition coefficient (Wildman–Crippen LogP) is 18.6. The lowest BCUT2D eigenvalue weighted by Crippen LogP contribution is -2.45. The highest BCUT2D eigenvalue weighted by Gasteiger charge is 2.20. The number of carbonyl (C=O) groups is 2. The molecule has 0 rings (SSSR count). The molecule has 0 saturated carbocycles. The third-order valence-electron chi connectivity index (χ3n) is 14.0. The molecule has 1 amide bonds. The van der Waals surface area contributed by atoms with Crippen molar-refractivity contribution in [1.82, 2.24) is 5.32 Å². The van der Waals surface area contributed by atoms with E-state index >= 15 is 0 Å². The zero-order chi connectivity index (χ0) is 48.6. The molecular weight excluding hydrogens is 827 g/mol. The fraction of sp³-hybridized carbons (Fsp3) is 0.902. The third-order valence-corrected chi connectivity index (χ3v) is 14.0. The van der Waals surface area contributed by atoms with E-state index in [1.807, 2.05) is 0 Å². The van der Waals surface area contributed by atoms with Gasteiger partial charge in [0.15, 0.2) is 0 Å². The molecule has 0 aromatic carbocycles. The van der Waals surface area contributed by atoms with E-state index in [0.29, 0.717) is 25.9 Å². The first-order valence-corrected chi connectivity index (χ1v) is 30.1. The molecule has 67 heavy (non-hydrogen) atoms. The summed E-state index contributed by atoms with van der Waals surface area (Å²) >= 11 is 0. The SMILES string of the molecule is CCCCCC/C=C\CCCCCCCC(=O)OCCCCCCCCCCCCC/C=C\CCCCCCCCCC(=O)NC(CO)C(O)CCCCCCCCCCCCCCCCC. The van der Waals surface area contributed by atoms with Gasteiger partial charge in [-0.2, -0.15) is 0 Å². The van der Waals surface area contributed by atoms with Gasteiger partial charge in [-0.1, -0.05) is 263 Å². The number of esters is 1. The van der Waals surface area contributed by atoms with E-state index < -0.39 is 12.1 Å². The van der Waals surface area contributed by atoms with E-state index in [2.05, 4.69) is 43.5 Å². The molecule has 0 spiro atoms. The molecule has 0 aliphatic rings. The second kappa shape index (κ2) is 56.9. The summed E-state index contributed by atoms with van der Waals surface area (Å²) in [5, 5.41) is 23.3. The van der Waals surface area contributed by atoms with Crippen LogP contribution in [0.1, 0.15) is 328 Å². The summed E-state index contributed by atoms with van der Waals surface area (Å²) in [6, 6.07) is -0.546. The maximum Gasteiger partial charge on any atom is 0.305 e. The first-order valence-electron chi connectivity index (χ1n) is 30.1. The Morgan fingerprint density at radius 2 is 0.701 bits per heavy atom. The highest BCUT2D eigenvalue weighted by Crippen LogP contribution is 2.17. The van der Waals surface area contributed by atoms with E-state index in [4.69, 9.17) is 4.74 Å². The number of allylic oxidation sites excluding steroid dienone is 4. The summed E-state index contributed by atoms with van der Waals surface area (Å²) in [6.07, 6.45) is 68.9. The number of aliphatic hydroxyl groups is 2. The quantitative estimate of drug-likeness (QED) is 0.0321. The van der Waals surface area contributed by atoms with Gasteiger partial charge in [-0.15, -0.1) is 0 Å². The average molecular weight is 945 g/mol. The Morgan fingerprint density at radius 3 is 1.07 bits per heavy atom. The second-order valence-corrected chi connectivity index (χ2v) is 20.7. The summed E-state index contributed by atoms with van der Waals surface area (Å²) in [7, 11) is 0. The monoisotopic (exact) mass is 944 g/mol. The van der Waals surface area contributed by atoms with Crippen molar-refractivity contribution >= 4 is 11.9 Å². The van der Waals surface area contributed by atoms with Crippen molar-refractivity contribution in [3.05, 3.63) is 24.3 Å². The lowest BCUT2D eigenvalue weighted by atomic mass is 10.0. The summed E-state index contributed by atoms with van der Waals surface area (Å²) < 4.78 is 5.47. The fourth-order valence-electron chi connectivity index (χ4n) is 9.34. The number of carbonyl (C=O) groups excluding carboxylic acids is 2. The largest absolute Gasteiger partial charge is 0.466 e. The smallest absolute Gasteiger partial charge is 0.305 e. The molecule has 396 valence electrons. The number of ether oxygens (including phenoxy) is 1. The Hall–Kier alpha value is -1.66. The molecule has 2 atom stereocenters. The summed E-state index contributed by atoms with van der Waals surface area (Å²) in [5.74, 6) is -0.0396. The van der Waals surface area contributed by atoms with E-state index in [0.717, 1.165) is 44.9 Å². The molecule has 0 bridgehead atoms. The van der Waals surface area contributed by atoms with E-state index in [1.165, 1.54) is 250 Å². The van der Waals surface area contributed by atoms with E-state index in [-0.39, 0.29) is 18.5 Å². The summed E-state index contributed by atoms with van der Waals surface area (Å²) in [4.78, 5) is 24.5. The first kappa shape index (κ1) is 65.3. The van der Waals surface area contributed by atoms with Crippen LogP contribution in [0.15, 0.2) is 24.3 Å². The van der Waals surface area contributed by atoms with Crippen LogP contribution in [0.3, 0.4) is 0 Å². The molecule has 0 heterocycles. The van der Waals surface area contributed by atoms with Crippen LogP contribution < -0.4 is 5.32 Å². The van der Waals surface area contributed by atoms with Gasteiger partial charge in [-0.25, -0.2) is 0 Å². The maximum atomic E-state index is 12.5. The van der Waals surface area contributed by atoms with Gasteiger partial charge in [-0.05, 0) is 77.0 Å². The minimum atomic E-state index is -0.668. The number of aliphatic hydroxyl groups excluding tert-OH is 2. The normalized spacial score (nSPS) is 12.7. The Bertz CT molecular complexity index is 1040. The van der Waals surface area contributed by atoms with Crippen LogP contribution in [0, 0.1) is 0 Å². The highest BCUT2D eigenvalue weighted by atomic mass is 16.5. The van der Waals surface area contributed by atoms with Gasteiger partial charge in [0, 0.05) is 12.8 Å². The van der Waals surface area contributed by atoms with Crippen molar-refractivity contribution in [2.75, 3.05) is 13.2 Å². The molecule has 0 aliphatic heterocycles. The molecule has 0 aromatic heterocycles. The van der Waals surface area contributed by atoms with Crippen molar-refractivity contribution in [3.8, 4) is 0 Å². The number of rotatable bonds is 56. The second-order valence-electron chi connectivity index (χ2n) is 20.7. The molecule has 0 radical (unpaired) electrons. The van der Waals surface area contributed by atoms with Crippen molar-refractivity contribution in [2.45, 2.75) is 341 Å². The van der Waals surface area contributed by atoms with Crippen molar-refractivity contribution in [3.63, 3.8) is 0 Å². The van der Waals surface area contributed by atoms with Gasteiger partial charge in [0.1, 0.15) is 0 Å². The van der Waals surface area contributed by atoms with Gasteiger partial charge in [-0.3, -0.25) is 9.59 Å². The average Bonchev–Trinajstić information content (AvgIpc) is 3.33. The first-order chi connectivity index (χ1) is 33.0. The Balaban J connectivity index is 3.42. The molecule has 6 heteroatoms. The van der Waals surface area contributed by atoms with E-state index in [1.54, 1.807) is 0 Å².